The van der Waals surface area contributed by atoms with Crippen LogP contribution in [0.3, 0.4) is 0 Å². The fourth-order valence-electron chi connectivity index (χ4n) is 3.60. The van der Waals surface area contributed by atoms with Crippen LogP contribution in [0.1, 0.15) is 44.9 Å². The van der Waals surface area contributed by atoms with E-state index in [0.29, 0.717) is 31.5 Å². The van der Waals surface area contributed by atoms with Gasteiger partial charge in [-0.3, -0.25) is 9.88 Å². The predicted octanol–water partition coefficient (Wildman–Crippen LogP) is 3.49. The van der Waals surface area contributed by atoms with E-state index < -0.39 is 0 Å². The second-order valence-corrected chi connectivity index (χ2v) is 7.83. The zero-order chi connectivity index (χ0) is 20.4. The number of ether oxygens (including phenoxy) is 2. The summed E-state index contributed by atoms with van der Waals surface area (Å²) in [4.78, 5) is 27.1. The van der Waals surface area contributed by atoms with Gasteiger partial charge in [0.2, 0.25) is 5.95 Å². The standard InChI is InChI=1S/C21H27N5O3/c1-4-29-21(8-9-21)17-6-5-15(11-23-17)12-24-19-22-10-7-18(25-19)26-16(14(2)3)13-28-20(26)27/h5-7,10-11,14,16H,4,8-9,12-13H2,1-3H3,(H,22,24,25). The van der Waals surface area contributed by atoms with Crippen molar-refractivity contribution in [1.29, 1.82) is 0 Å². The van der Waals surface area contributed by atoms with Crippen molar-refractivity contribution in [3.05, 3.63) is 41.9 Å². The summed E-state index contributed by atoms with van der Waals surface area (Å²) in [5, 5.41) is 3.21. The molecule has 4 rings (SSSR count). The van der Waals surface area contributed by atoms with E-state index in [1.165, 1.54) is 0 Å². The Balaban J connectivity index is 1.42. The van der Waals surface area contributed by atoms with Gasteiger partial charge in [-0.1, -0.05) is 19.9 Å². The Morgan fingerprint density at radius 2 is 2.14 bits per heavy atom. The molecule has 2 aliphatic rings. The van der Waals surface area contributed by atoms with Gasteiger partial charge in [0.15, 0.2) is 0 Å². The number of nitrogens with zero attached hydrogens (tertiary/aromatic N) is 4. The molecule has 1 saturated carbocycles. The van der Waals surface area contributed by atoms with Crippen molar-refractivity contribution < 1.29 is 14.3 Å². The van der Waals surface area contributed by atoms with Crippen molar-refractivity contribution in [3.63, 3.8) is 0 Å². The quantitative estimate of drug-likeness (QED) is 0.729. The number of cyclic esters (lactones) is 1. The van der Waals surface area contributed by atoms with Gasteiger partial charge in [-0.05, 0) is 43.4 Å². The monoisotopic (exact) mass is 397 g/mol. The van der Waals surface area contributed by atoms with Crippen molar-refractivity contribution in [1.82, 2.24) is 15.0 Å². The van der Waals surface area contributed by atoms with Crippen LogP contribution in [0.15, 0.2) is 30.6 Å². The van der Waals surface area contributed by atoms with E-state index in [0.717, 1.165) is 24.1 Å². The zero-order valence-electron chi connectivity index (χ0n) is 17.1. The first-order valence-corrected chi connectivity index (χ1v) is 10.1. The number of nitrogens with one attached hydrogen (secondary N) is 1. The molecule has 1 amide bonds. The van der Waals surface area contributed by atoms with Gasteiger partial charge in [-0.2, -0.15) is 4.98 Å². The van der Waals surface area contributed by atoms with Crippen LogP contribution in [0, 0.1) is 5.92 Å². The van der Waals surface area contributed by atoms with E-state index in [9.17, 15) is 4.79 Å². The lowest BCUT2D eigenvalue weighted by molar-refractivity contribution is 0.0364. The third-order valence-corrected chi connectivity index (χ3v) is 5.43. The predicted molar refractivity (Wildman–Crippen MR) is 109 cm³/mol. The Morgan fingerprint density at radius 1 is 1.31 bits per heavy atom. The summed E-state index contributed by atoms with van der Waals surface area (Å²) in [6.07, 6.45) is 5.20. The number of aromatic nitrogens is 3. The second-order valence-electron chi connectivity index (χ2n) is 7.83. The van der Waals surface area contributed by atoms with Crippen LogP contribution in [0.5, 0.6) is 0 Å². The lowest BCUT2D eigenvalue weighted by atomic mass is 10.0. The lowest BCUT2D eigenvalue weighted by Gasteiger charge is -2.23. The van der Waals surface area contributed by atoms with Gasteiger partial charge < -0.3 is 14.8 Å². The minimum atomic E-state index is -0.364. The number of hydrogen-bond acceptors (Lipinski definition) is 7. The summed E-state index contributed by atoms with van der Waals surface area (Å²) in [6.45, 7) is 7.75. The third-order valence-electron chi connectivity index (χ3n) is 5.43. The van der Waals surface area contributed by atoms with E-state index in [2.05, 4.69) is 34.1 Å². The maximum Gasteiger partial charge on any atom is 0.415 e. The van der Waals surface area contributed by atoms with Crippen LogP contribution in [0.2, 0.25) is 0 Å². The normalized spacial score (nSPS) is 20.1. The molecule has 0 bridgehead atoms. The molecule has 3 heterocycles. The summed E-state index contributed by atoms with van der Waals surface area (Å²) in [7, 11) is 0. The molecule has 0 radical (unpaired) electrons. The number of carbonyl (C=O) groups is 1. The van der Waals surface area contributed by atoms with Gasteiger partial charge >= 0.3 is 6.09 Å². The molecule has 0 aromatic carbocycles. The van der Waals surface area contributed by atoms with Gasteiger partial charge in [-0.25, -0.2) is 9.78 Å². The van der Waals surface area contributed by atoms with Gasteiger partial charge in [0, 0.05) is 25.5 Å². The average molecular weight is 397 g/mol. The Kier molecular flexibility index (Phi) is 5.36. The molecule has 8 heteroatoms. The molecular formula is C21H27N5O3. The van der Waals surface area contributed by atoms with Crippen molar-refractivity contribution in [3.8, 4) is 0 Å². The molecule has 1 aliphatic heterocycles. The Hall–Kier alpha value is -2.74. The molecule has 8 nitrogen and oxygen atoms in total. The van der Waals surface area contributed by atoms with Crippen molar-refractivity contribution >= 4 is 17.9 Å². The molecule has 1 N–H and O–H groups in total. The number of amides is 1. The molecule has 2 aromatic rings. The second kappa shape index (κ2) is 7.94. The van der Waals surface area contributed by atoms with E-state index in [4.69, 9.17) is 9.47 Å². The van der Waals surface area contributed by atoms with Gasteiger partial charge in [-0.15, -0.1) is 0 Å². The van der Waals surface area contributed by atoms with Crippen LogP contribution < -0.4 is 10.2 Å². The highest BCUT2D eigenvalue weighted by atomic mass is 16.6. The van der Waals surface area contributed by atoms with Crippen LogP contribution in [0.4, 0.5) is 16.6 Å². The molecule has 0 spiro atoms. The topological polar surface area (TPSA) is 89.5 Å². The molecular weight excluding hydrogens is 370 g/mol. The van der Waals surface area contributed by atoms with Crippen LogP contribution in [-0.2, 0) is 21.6 Å². The molecule has 1 saturated heterocycles. The average Bonchev–Trinajstić information content (AvgIpc) is 3.40. The highest BCUT2D eigenvalue weighted by molar-refractivity contribution is 5.89. The minimum absolute atomic E-state index is 0.0259. The van der Waals surface area contributed by atoms with E-state index >= 15 is 0 Å². The Bertz CT molecular complexity index is 867. The largest absolute Gasteiger partial charge is 0.447 e. The summed E-state index contributed by atoms with van der Waals surface area (Å²) in [5.41, 5.74) is 1.85. The molecule has 2 aromatic heterocycles. The van der Waals surface area contributed by atoms with Crippen LogP contribution in [0.25, 0.3) is 0 Å². The smallest absolute Gasteiger partial charge is 0.415 e. The fraction of sp³-hybridized carbons (Fsp3) is 0.524. The van der Waals surface area contributed by atoms with E-state index in [-0.39, 0.29) is 23.7 Å². The number of pyridine rings is 1. The zero-order valence-corrected chi connectivity index (χ0v) is 17.1. The highest BCUT2D eigenvalue weighted by Crippen LogP contribution is 2.48. The summed E-state index contributed by atoms with van der Waals surface area (Å²) in [5.74, 6) is 1.27. The van der Waals surface area contributed by atoms with Gasteiger partial charge in [0.05, 0.1) is 11.7 Å². The molecule has 29 heavy (non-hydrogen) atoms. The number of anilines is 2. The molecule has 2 fully saturated rings. The van der Waals surface area contributed by atoms with Crippen LogP contribution >= 0.6 is 0 Å². The molecule has 154 valence electrons. The minimum Gasteiger partial charge on any atom is -0.447 e. The SMILES string of the molecule is CCOC1(c2ccc(CNc3nccc(N4C(=O)OCC4C(C)C)n3)cn2)CC1. The van der Waals surface area contributed by atoms with Crippen molar-refractivity contribution in [2.24, 2.45) is 5.92 Å². The van der Waals surface area contributed by atoms with Gasteiger partial charge in [0.1, 0.15) is 18.0 Å². The Labute approximate surface area is 170 Å². The highest BCUT2D eigenvalue weighted by Gasteiger charge is 2.46. The number of hydrogen-bond donors (Lipinski definition) is 1. The first kappa shape index (κ1) is 19.6. The number of carbonyl (C=O) groups excluding carboxylic acids is 1. The summed E-state index contributed by atoms with van der Waals surface area (Å²) in [6, 6.07) is 5.78. The first-order chi connectivity index (χ1) is 14.0. The maximum atomic E-state index is 12.1. The molecule has 1 unspecified atom stereocenters. The first-order valence-electron chi connectivity index (χ1n) is 10.1. The summed E-state index contributed by atoms with van der Waals surface area (Å²) < 4.78 is 11.1. The van der Waals surface area contributed by atoms with Crippen molar-refractivity contribution in [2.45, 2.75) is 51.8 Å². The number of rotatable bonds is 8. The third kappa shape index (κ3) is 4.03. The van der Waals surface area contributed by atoms with Crippen LogP contribution in [-0.4, -0.2) is 40.3 Å². The van der Waals surface area contributed by atoms with E-state index in [1.807, 2.05) is 25.3 Å². The van der Waals surface area contributed by atoms with Crippen molar-refractivity contribution in [2.75, 3.05) is 23.4 Å². The Morgan fingerprint density at radius 3 is 2.79 bits per heavy atom. The van der Waals surface area contributed by atoms with E-state index in [1.54, 1.807) is 17.2 Å². The summed E-state index contributed by atoms with van der Waals surface area (Å²) >= 11 is 0. The molecule has 1 aliphatic carbocycles. The molecule has 1 atom stereocenters. The lowest BCUT2D eigenvalue weighted by Crippen LogP contribution is -2.37. The maximum absolute atomic E-state index is 12.1. The fourth-order valence-corrected chi connectivity index (χ4v) is 3.60. The van der Waals surface area contributed by atoms with Gasteiger partial charge in [0.25, 0.3) is 0 Å².